The van der Waals surface area contributed by atoms with Gasteiger partial charge in [-0.1, -0.05) is 11.2 Å². The van der Waals surface area contributed by atoms with Crippen LogP contribution in [-0.2, 0) is 13.2 Å². The summed E-state index contributed by atoms with van der Waals surface area (Å²) in [5.41, 5.74) is 6.73. The fraction of sp³-hybridized carbons (Fsp3) is 0.182. The smallest absolute Gasteiger partial charge is 0.165 e. The van der Waals surface area contributed by atoms with Crippen LogP contribution in [0.2, 0.25) is 0 Å². The average Bonchev–Trinajstić information content (AvgIpc) is 2.80. The average molecular weight is 222 g/mol. The molecule has 0 bridgehead atoms. The fourth-order valence-electron chi connectivity index (χ4n) is 1.25. The van der Waals surface area contributed by atoms with Gasteiger partial charge in [-0.15, -0.1) is 0 Å². The lowest BCUT2D eigenvalue weighted by Gasteiger charge is -2.06. The summed E-state index contributed by atoms with van der Waals surface area (Å²) < 4.78 is 23.3. The Balaban J connectivity index is 2.04. The molecule has 1 aromatic carbocycles. The van der Waals surface area contributed by atoms with E-state index in [1.54, 1.807) is 18.2 Å². The predicted molar refractivity (Wildman–Crippen MR) is 55.1 cm³/mol. The third kappa shape index (κ3) is 2.38. The molecular formula is C11H11FN2O2. The first-order valence-corrected chi connectivity index (χ1v) is 4.80. The standard InChI is InChI=1S/C11H11FN2O2/c12-10-5-8(6-13)1-2-11(10)15-7-9-3-4-16-14-9/h1-5H,6-7,13H2. The third-order valence-electron chi connectivity index (χ3n) is 2.10. The lowest BCUT2D eigenvalue weighted by Crippen LogP contribution is -2.00. The molecule has 1 aromatic heterocycles. The predicted octanol–water partition coefficient (Wildman–Crippen LogP) is 1.85. The molecule has 0 saturated heterocycles. The van der Waals surface area contributed by atoms with Crippen LogP contribution in [0.1, 0.15) is 11.3 Å². The minimum Gasteiger partial charge on any atom is -0.484 e. The number of nitrogens with zero attached hydrogens (tertiary/aromatic N) is 1. The molecule has 5 heteroatoms. The second-order valence-electron chi connectivity index (χ2n) is 3.25. The maximum Gasteiger partial charge on any atom is 0.165 e. The molecule has 0 atom stereocenters. The van der Waals surface area contributed by atoms with Crippen LogP contribution < -0.4 is 10.5 Å². The van der Waals surface area contributed by atoms with E-state index in [9.17, 15) is 4.39 Å². The van der Waals surface area contributed by atoms with Crippen LogP contribution in [0.25, 0.3) is 0 Å². The third-order valence-corrected chi connectivity index (χ3v) is 2.10. The number of benzene rings is 1. The number of aromatic nitrogens is 1. The molecule has 0 aliphatic rings. The molecule has 0 fully saturated rings. The van der Waals surface area contributed by atoms with Crippen LogP contribution in [0.4, 0.5) is 4.39 Å². The summed E-state index contributed by atoms with van der Waals surface area (Å²) in [7, 11) is 0. The van der Waals surface area contributed by atoms with Crippen LogP contribution in [0.3, 0.4) is 0 Å². The molecule has 0 unspecified atom stereocenters. The summed E-state index contributed by atoms with van der Waals surface area (Å²) in [5, 5.41) is 3.65. The highest BCUT2D eigenvalue weighted by molar-refractivity contribution is 5.29. The molecule has 0 amide bonds. The van der Waals surface area contributed by atoms with Gasteiger partial charge >= 0.3 is 0 Å². The summed E-state index contributed by atoms with van der Waals surface area (Å²) in [6.07, 6.45) is 1.44. The van der Waals surface area contributed by atoms with E-state index in [1.807, 2.05) is 0 Å². The molecule has 1 heterocycles. The summed E-state index contributed by atoms with van der Waals surface area (Å²) in [6.45, 7) is 0.482. The SMILES string of the molecule is NCc1ccc(OCc2ccon2)c(F)c1. The van der Waals surface area contributed by atoms with Gasteiger partial charge in [-0.05, 0) is 17.7 Å². The molecule has 4 nitrogen and oxygen atoms in total. The lowest BCUT2D eigenvalue weighted by molar-refractivity contribution is 0.276. The Bertz CT molecular complexity index is 457. The number of hydrogen-bond donors (Lipinski definition) is 1. The Morgan fingerprint density at radius 2 is 2.25 bits per heavy atom. The van der Waals surface area contributed by atoms with E-state index in [2.05, 4.69) is 9.68 Å². The van der Waals surface area contributed by atoms with Crippen molar-refractivity contribution in [3.05, 3.63) is 47.6 Å². The Morgan fingerprint density at radius 1 is 1.38 bits per heavy atom. The monoisotopic (exact) mass is 222 g/mol. The van der Waals surface area contributed by atoms with E-state index in [0.717, 1.165) is 5.56 Å². The number of ether oxygens (including phenoxy) is 1. The summed E-state index contributed by atoms with van der Waals surface area (Å²) >= 11 is 0. The van der Waals surface area contributed by atoms with Crippen molar-refractivity contribution in [2.45, 2.75) is 13.2 Å². The Kier molecular flexibility index (Phi) is 3.16. The minimum atomic E-state index is -0.425. The van der Waals surface area contributed by atoms with E-state index in [4.69, 9.17) is 10.5 Å². The first kappa shape index (κ1) is 10.6. The van der Waals surface area contributed by atoms with Gasteiger partial charge in [0.25, 0.3) is 0 Å². The van der Waals surface area contributed by atoms with Gasteiger partial charge in [0, 0.05) is 12.6 Å². The molecule has 0 radical (unpaired) electrons. The van der Waals surface area contributed by atoms with Gasteiger partial charge in [0.2, 0.25) is 0 Å². The summed E-state index contributed by atoms with van der Waals surface area (Å²) in [5.74, 6) is -0.244. The van der Waals surface area contributed by atoms with Gasteiger partial charge in [-0.3, -0.25) is 0 Å². The van der Waals surface area contributed by atoms with E-state index in [0.29, 0.717) is 12.2 Å². The lowest BCUT2D eigenvalue weighted by atomic mass is 10.2. The molecule has 0 saturated carbocycles. The number of rotatable bonds is 4. The Hall–Kier alpha value is -1.88. The van der Waals surface area contributed by atoms with Gasteiger partial charge in [0.15, 0.2) is 11.6 Å². The van der Waals surface area contributed by atoms with Crippen molar-refractivity contribution in [3.8, 4) is 5.75 Å². The van der Waals surface area contributed by atoms with Gasteiger partial charge in [0.05, 0.1) is 0 Å². The first-order valence-electron chi connectivity index (χ1n) is 4.80. The van der Waals surface area contributed by atoms with Gasteiger partial charge < -0.3 is 15.0 Å². The highest BCUT2D eigenvalue weighted by Gasteiger charge is 2.05. The molecule has 2 N–H and O–H groups in total. The van der Waals surface area contributed by atoms with Crippen LogP contribution in [0.15, 0.2) is 35.1 Å². The maximum absolute atomic E-state index is 13.4. The number of halogens is 1. The van der Waals surface area contributed by atoms with E-state index in [-0.39, 0.29) is 12.4 Å². The zero-order valence-electron chi connectivity index (χ0n) is 8.52. The minimum absolute atomic E-state index is 0.176. The van der Waals surface area contributed by atoms with Crippen molar-refractivity contribution in [2.24, 2.45) is 5.73 Å². The van der Waals surface area contributed by atoms with Crippen LogP contribution in [0.5, 0.6) is 5.75 Å². The van der Waals surface area contributed by atoms with E-state index in [1.165, 1.54) is 12.3 Å². The van der Waals surface area contributed by atoms with E-state index < -0.39 is 5.82 Å². The summed E-state index contributed by atoms with van der Waals surface area (Å²) in [4.78, 5) is 0. The van der Waals surface area contributed by atoms with Crippen molar-refractivity contribution in [3.63, 3.8) is 0 Å². The Labute approximate surface area is 91.8 Å². The molecule has 0 spiro atoms. The van der Waals surface area contributed by atoms with Crippen molar-refractivity contribution in [2.75, 3.05) is 0 Å². The maximum atomic E-state index is 13.4. The quantitative estimate of drug-likeness (QED) is 0.857. The number of hydrogen-bond acceptors (Lipinski definition) is 4. The molecule has 16 heavy (non-hydrogen) atoms. The number of nitrogens with two attached hydrogens (primary N) is 1. The molecule has 0 aliphatic carbocycles. The molecule has 84 valence electrons. The highest BCUT2D eigenvalue weighted by Crippen LogP contribution is 2.19. The molecule has 2 rings (SSSR count). The van der Waals surface area contributed by atoms with Crippen molar-refractivity contribution >= 4 is 0 Å². The van der Waals surface area contributed by atoms with Crippen molar-refractivity contribution in [1.82, 2.24) is 5.16 Å². The summed E-state index contributed by atoms with van der Waals surface area (Å²) in [6, 6.07) is 6.29. The van der Waals surface area contributed by atoms with Gasteiger partial charge in [0.1, 0.15) is 18.6 Å². The normalized spacial score (nSPS) is 10.4. The molecule has 2 aromatic rings. The van der Waals surface area contributed by atoms with Gasteiger partial charge in [-0.2, -0.15) is 0 Å². The van der Waals surface area contributed by atoms with Crippen LogP contribution in [-0.4, -0.2) is 5.16 Å². The van der Waals surface area contributed by atoms with Crippen molar-refractivity contribution < 1.29 is 13.7 Å². The zero-order valence-corrected chi connectivity index (χ0v) is 8.52. The first-order chi connectivity index (χ1) is 7.79. The Morgan fingerprint density at radius 3 is 2.88 bits per heavy atom. The van der Waals surface area contributed by atoms with Crippen LogP contribution >= 0.6 is 0 Å². The fourth-order valence-corrected chi connectivity index (χ4v) is 1.25. The second-order valence-corrected chi connectivity index (χ2v) is 3.25. The highest BCUT2D eigenvalue weighted by atomic mass is 19.1. The molecule has 0 aliphatic heterocycles. The molecular weight excluding hydrogens is 211 g/mol. The van der Waals surface area contributed by atoms with Crippen LogP contribution in [0, 0.1) is 5.82 Å². The zero-order chi connectivity index (χ0) is 11.4. The second kappa shape index (κ2) is 4.76. The largest absolute Gasteiger partial charge is 0.484 e. The van der Waals surface area contributed by atoms with E-state index >= 15 is 0 Å². The van der Waals surface area contributed by atoms with Gasteiger partial charge in [-0.25, -0.2) is 4.39 Å². The topological polar surface area (TPSA) is 61.3 Å². The van der Waals surface area contributed by atoms with Crippen molar-refractivity contribution in [1.29, 1.82) is 0 Å².